The molecule has 53 heavy (non-hydrogen) atoms. The smallest absolute Gasteiger partial charge is 0.243 e. The van der Waals surface area contributed by atoms with Crippen molar-refractivity contribution in [1.29, 1.82) is 0 Å². The van der Waals surface area contributed by atoms with Crippen LogP contribution in [0.25, 0.3) is 39.4 Å². The molecule has 0 unspecified atom stereocenters. The number of fused-ring (bicyclic) bond motifs is 1. The summed E-state index contributed by atoms with van der Waals surface area (Å²) in [6.07, 6.45) is 12.8. The summed E-state index contributed by atoms with van der Waals surface area (Å²) in [6, 6.07) is 38.6. The molecule has 0 spiro atoms. The van der Waals surface area contributed by atoms with Gasteiger partial charge < -0.3 is 19.1 Å². The van der Waals surface area contributed by atoms with Gasteiger partial charge in [0.1, 0.15) is 5.65 Å². The minimum Gasteiger partial charge on any atom is -0.326 e. The molecule has 273 valence electrons. The minimum absolute atomic E-state index is 0. The van der Waals surface area contributed by atoms with E-state index in [2.05, 4.69) is 67.6 Å². The van der Waals surface area contributed by atoms with E-state index in [1.54, 1.807) is 18.3 Å². The van der Waals surface area contributed by atoms with E-state index in [1.807, 2.05) is 52.6 Å². The van der Waals surface area contributed by atoms with Gasteiger partial charge in [0.15, 0.2) is 0 Å². The van der Waals surface area contributed by atoms with E-state index in [-0.39, 0.29) is 31.7 Å². The van der Waals surface area contributed by atoms with E-state index in [0.29, 0.717) is 0 Å². The molecular formula is C45H42F2IrN5-3. The van der Waals surface area contributed by atoms with Gasteiger partial charge in [-0.2, -0.15) is 30.3 Å². The van der Waals surface area contributed by atoms with Crippen LogP contribution in [0.15, 0.2) is 103 Å². The van der Waals surface area contributed by atoms with Gasteiger partial charge in [0, 0.05) is 49.3 Å². The number of aryl methyl sites for hydroxylation is 5. The molecule has 1 radical (unpaired) electrons. The van der Waals surface area contributed by atoms with E-state index < -0.39 is 0 Å². The molecule has 0 fully saturated rings. The van der Waals surface area contributed by atoms with Crippen molar-refractivity contribution in [2.24, 2.45) is 7.05 Å². The first-order valence-electron chi connectivity index (χ1n) is 18.0. The van der Waals surface area contributed by atoms with Gasteiger partial charge in [-0.1, -0.05) is 67.8 Å². The van der Waals surface area contributed by atoms with Crippen LogP contribution in [0.3, 0.4) is 0 Å². The summed E-state index contributed by atoms with van der Waals surface area (Å²) in [4.78, 5) is 14.1. The second-order valence-electron chi connectivity index (χ2n) is 12.8. The van der Waals surface area contributed by atoms with Crippen LogP contribution in [0.1, 0.15) is 62.0 Å². The van der Waals surface area contributed by atoms with Gasteiger partial charge in [0.25, 0.3) is 0 Å². The van der Waals surface area contributed by atoms with Gasteiger partial charge in [-0.25, -0.2) is 0 Å². The summed E-state index contributed by atoms with van der Waals surface area (Å²) in [5.41, 5.74) is 10.9. The zero-order valence-corrected chi connectivity index (χ0v) is 32.7. The number of nitrogens with zero attached hydrogens (tertiary/aromatic N) is 5. The minimum atomic E-state index is -0.291. The average molecular weight is 883 g/mol. The van der Waals surface area contributed by atoms with Gasteiger partial charge in [-0.3, -0.25) is 13.8 Å². The standard InChI is InChI=1S/C32H32F2N2.C13H10N3.Ir/c1-3-7-23-19-29(35-31(21-23)25-11-15-27(33)16-12-25)9-5-6-10-30-20-24(8-4-2)22-32(36-30)26-13-17-28(34)18-14-26;1-15-10-16(11-6-3-2-4-7-11)13-12(15)8-5-9-14-13;/h11,13,15-22H,3-10H2,1-2H3;2-6,8-9H,1H3;/q-2;-1;. The maximum atomic E-state index is 13.4. The van der Waals surface area contributed by atoms with Crippen LogP contribution in [0.4, 0.5) is 8.78 Å². The third-order valence-corrected chi connectivity index (χ3v) is 8.69. The Balaban J connectivity index is 0.000000264. The van der Waals surface area contributed by atoms with Crippen molar-refractivity contribution in [2.45, 2.75) is 65.2 Å². The molecule has 0 atom stereocenters. The Hall–Kier alpha value is -4.91. The van der Waals surface area contributed by atoms with Crippen molar-refractivity contribution in [1.82, 2.24) is 19.5 Å². The predicted molar refractivity (Wildman–Crippen MR) is 201 cm³/mol. The summed E-state index contributed by atoms with van der Waals surface area (Å²) in [5, 5.41) is 0. The zero-order valence-electron chi connectivity index (χ0n) is 30.3. The van der Waals surface area contributed by atoms with Crippen LogP contribution in [0.5, 0.6) is 0 Å². The topological polar surface area (TPSA) is 47.5 Å². The monoisotopic (exact) mass is 883 g/mol. The van der Waals surface area contributed by atoms with E-state index in [0.717, 1.165) is 102 Å². The second-order valence-corrected chi connectivity index (χ2v) is 12.8. The fraction of sp³-hybridized carbons (Fsp3) is 0.244. The van der Waals surface area contributed by atoms with Crippen molar-refractivity contribution in [3.05, 3.63) is 162 Å². The summed E-state index contributed by atoms with van der Waals surface area (Å²) in [7, 11) is 1.96. The van der Waals surface area contributed by atoms with Crippen LogP contribution in [-0.2, 0) is 52.8 Å². The number of para-hydroxylation sites is 1. The number of imidazole rings is 1. The zero-order chi connectivity index (χ0) is 36.3. The van der Waals surface area contributed by atoms with Crippen LogP contribution in [0.2, 0.25) is 0 Å². The van der Waals surface area contributed by atoms with Crippen molar-refractivity contribution < 1.29 is 33.5 Å². The Kier molecular flexibility index (Phi) is 14.3. The SMILES string of the molecule is CCCc1cc(CCCCc2cc(CCC)cc(-c3[c-]cc(F)cc3)n2)nc(-c2[c-]cc(F)cc2)c1.C[n+]1[c-]n(-c2[c-]cccc2)c2ncccc21.[Ir]. The molecule has 8 heteroatoms. The van der Waals surface area contributed by atoms with Crippen LogP contribution >= 0.6 is 0 Å². The van der Waals surface area contributed by atoms with Crippen molar-refractivity contribution in [2.75, 3.05) is 0 Å². The maximum Gasteiger partial charge on any atom is 0.243 e. The Labute approximate surface area is 325 Å². The second kappa shape index (κ2) is 19.2. The van der Waals surface area contributed by atoms with Crippen LogP contribution in [-0.4, -0.2) is 19.5 Å². The number of aromatic nitrogens is 5. The Morgan fingerprint density at radius 3 is 1.75 bits per heavy atom. The molecule has 0 saturated carbocycles. The molecule has 7 rings (SSSR count). The molecule has 0 saturated heterocycles. The molecule has 7 aromatic rings. The maximum absolute atomic E-state index is 13.4. The molecule has 0 aliphatic heterocycles. The molecule has 4 heterocycles. The number of halogens is 2. The number of hydrogen-bond acceptors (Lipinski definition) is 3. The fourth-order valence-electron chi connectivity index (χ4n) is 6.21. The van der Waals surface area contributed by atoms with E-state index in [1.165, 1.54) is 35.4 Å². The molecular weight excluding hydrogens is 841 g/mol. The first-order valence-corrected chi connectivity index (χ1v) is 18.0. The average Bonchev–Trinajstić information content (AvgIpc) is 3.51. The third-order valence-electron chi connectivity index (χ3n) is 8.69. The molecule has 3 aromatic carbocycles. The normalized spacial score (nSPS) is 10.8. The molecule has 0 bridgehead atoms. The van der Waals surface area contributed by atoms with Gasteiger partial charge in [0.2, 0.25) is 6.33 Å². The Morgan fingerprint density at radius 1 is 0.679 bits per heavy atom. The van der Waals surface area contributed by atoms with Crippen molar-refractivity contribution >= 4 is 11.2 Å². The predicted octanol–water partition coefficient (Wildman–Crippen LogP) is 9.61. The molecule has 0 aliphatic carbocycles. The number of rotatable bonds is 12. The molecule has 4 aromatic heterocycles. The first kappa shape index (κ1) is 39.3. The first-order chi connectivity index (χ1) is 25.4. The van der Waals surface area contributed by atoms with Gasteiger partial charge in [-0.15, -0.1) is 59.7 Å². The van der Waals surface area contributed by atoms with E-state index >= 15 is 0 Å². The summed E-state index contributed by atoms with van der Waals surface area (Å²) in [5.74, 6) is -0.582. The number of unbranched alkanes of at least 4 members (excludes halogenated alkanes) is 1. The fourth-order valence-corrected chi connectivity index (χ4v) is 6.21. The third kappa shape index (κ3) is 10.6. The largest absolute Gasteiger partial charge is 0.326 e. The van der Waals surface area contributed by atoms with Crippen LogP contribution < -0.4 is 4.57 Å². The van der Waals surface area contributed by atoms with Gasteiger partial charge in [-0.05, 0) is 62.0 Å². The number of pyridine rings is 3. The molecule has 0 aliphatic rings. The van der Waals surface area contributed by atoms with E-state index in [4.69, 9.17) is 9.97 Å². The number of benzene rings is 3. The summed E-state index contributed by atoms with van der Waals surface area (Å²) in [6.45, 7) is 4.34. The summed E-state index contributed by atoms with van der Waals surface area (Å²) < 4.78 is 30.6. The quantitative estimate of drug-likeness (QED) is 0.0699. The molecule has 0 amide bonds. The number of hydrogen-bond donors (Lipinski definition) is 0. The van der Waals surface area contributed by atoms with Gasteiger partial charge in [0.05, 0.1) is 12.6 Å². The summed E-state index contributed by atoms with van der Waals surface area (Å²) >= 11 is 0. The van der Waals surface area contributed by atoms with Crippen LogP contribution in [0, 0.1) is 36.2 Å². The Morgan fingerprint density at radius 2 is 1.26 bits per heavy atom. The van der Waals surface area contributed by atoms with E-state index in [9.17, 15) is 8.78 Å². The molecule has 5 nitrogen and oxygen atoms in total. The van der Waals surface area contributed by atoms with Crippen molar-refractivity contribution in [3.8, 4) is 28.2 Å². The Bertz CT molecular complexity index is 2100. The molecule has 0 N–H and O–H groups in total. The van der Waals surface area contributed by atoms with Gasteiger partial charge >= 0.3 is 0 Å². The van der Waals surface area contributed by atoms with Crippen molar-refractivity contribution in [3.63, 3.8) is 0 Å².